The predicted octanol–water partition coefficient (Wildman–Crippen LogP) is 15.9. The maximum atomic E-state index is 6.49. The summed E-state index contributed by atoms with van der Waals surface area (Å²) in [5.41, 5.74) is 15.2. The van der Waals surface area contributed by atoms with Crippen LogP contribution in [0.5, 0.6) is 0 Å². The van der Waals surface area contributed by atoms with Crippen molar-refractivity contribution in [1.82, 2.24) is 0 Å². The van der Waals surface area contributed by atoms with Gasteiger partial charge in [-0.2, -0.15) is 0 Å². The number of rotatable bonds is 6. The maximum Gasteiger partial charge on any atom is 0.143 e. The van der Waals surface area contributed by atoms with E-state index in [-0.39, 0.29) is 0 Å². The van der Waals surface area contributed by atoms with Crippen molar-refractivity contribution in [3.05, 3.63) is 200 Å². The van der Waals surface area contributed by atoms with Crippen LogP contribution in [0.3, 0.4) is 0 Å². The minimum Gasteiger partial charge on any atom is -0.456 e. The van der Waals surface area contributed by atoms with Crippen molar-refractivity contribution >= 4 is 82.9 Å². The Kier molecular flexibility index (Phi) is 7.20. The Bertz CT molecular complexity index is 3500. The normalized spacial score (nSPS) is 11.8. The first-order chi connectivity index (χ1) is 28.7. The van der Waals surface area contributed by atoms with Crippen LogP contribution < -0.4 is 4.90 Å². The molecule has 0 spiro atoms. The van der Waals surface area contributed by atoms with Gasteiger partial charge in [0.05, 0.1) is 11.1 Å². The summed E-state index contributed by atoms with van der Waals surface area (Å²) in [5.74, 6) is 0. The molecule has 0 unspecified atom stereocenters. The highest BCUT2D eigenvalue weighted by Crippen LogP contribution is 2.44. The van der Waals surface area contributed by atoms with E-state index in [1.807, 2.05) is 30.3 Å². The highest BCUT2D eigenvalue weighted by atomic mass is 16.3. The van der Waals surface area contributed by atoms with Gasteiger partial charge in [0, 0.05) is 43.9 Å². The van der Waals surface area contributed by atoms with Crippen molar-refractivity contribution in [2.45, 2.75) is 0 Å². The summed E-state index contributed by atoms with van der Waals surface area (Å²) in [6.07, 6.45) is 0. The van der Waals surface area contributed by atoms with E-state index in [4.69, 9.17) is 13.3 Å². The van der Waals surface area contributed by atoms with Crippen LogP contribution in [0.15, 0.2) is 213 Å². The first-order valence-electron chi connectivity index (χ1n) is 19.6. The van der Waals surface area contributed by atoms with E-state index in [9.17, 15) is 0 Å². The minimum absolute atomic E-state index is 0.854. The van der Waals surface area contributed by atoms with E-state index in [1.54, 1.807) is 0 Å². The Morgan fingerprint density at radius 1 is 0.293 bits per heavy atom. The topological polar surface area (TPSA) is 42.7 Å². The molecule has 0 amide bonds. The van der Waals surface area contributed by atoms with Gasteiger partial charge in [0.25, 0.3) is 0 Å². The second kappa shape index (κ2) is 12.9. The summed E-state index contributed by atoms with van der Waals surface area (Å²) in [7, 11) is 0. The lowest BCUT2D eigenvalue weighted by Gasteiger charge is -2.26. The molecule has 3 heterocycles. The van der Waals surface area contributed by atoms with Crippen LogP contribution >= 0.6 is 0 Å². The summed E-state index contributed by atoms with van der Waals surface area (Å²) < 4.78 is 19.1. The van der Waals surface area contributed by atoms with Gasteiger partial charge in [-0.15, -0.1) is 0 Å². The first-order valence-corrected chi connectivity index (χ1v) is 19.6. The quantitative estimate of drug-likeness (QED) is 0.170. The lowest BCUT2D eigenvalue weighted by atomic mass is 9.99. The molecule has 12 aromatic rings. The Labute approximate surface area is 333 Å². The maximum absolute atomic E-state index is 6.49. The van der Waals surface area contributed by atoms with Gasteiger partial charge in [-0.05, 0) is 101 Å². The molecule has 0 aliphatic carbocycles. The van der Waals surface area contributed by atoms with Crippen molar-refractivity contribution in [3.63, 3.8) is 0 Å². The van der Waals surface area contributed by atoms with Gasteiger partial charge >= 0.3 is 0 Å². The van der Waals surface area contributed by atoms with Gasteiger partial charge in [-0.25, -0.2) is 0 Å². The third kappa shape index (κ3) is 5.16. The third-order valence-corrected chi connectivity index (χ3v) is 11.5. The highest BCUT2D eigenvalue weighted by Gasteiger charge is 2.20. The van der Waals surface area contributed by atoms with E-state index in [1.165, 1.54) is 0 Å². The zero-order valence-corrected chi connectivity index (χ0v) is 31.2. The molecule has 0 atom stereocenters. The molecule has 0 fully saturated rings. The van der Waals surface area contributed by atoms with Crippen LogP contribution in [0, 0.1) is 0 Å². The number of anilines is 3. The smallest absolute Gasteiger partial charge is 0.143 e. The molecule has 4 heteroatoms. The fourth-order valence-electron chi connectivity index (χ4n) is 8.70. The predicted molar refractivity (Wildman–Crippen MR) is 239 cm³/mol. The second-order valence-corrected chi connectivity index (χ2v) is 14.8. The lowest BCUT2D eigenvalue weighted by Crippen LogP contribution is -2.10. The van der Waals surface area contributed by atoms with E-state index < -0.39 is 0 Å². The van der Waals surface area contributed by atoms with Gasteiger partial charge in [-0.3, -0.25) is 0 Å². The van der Waals surface area contributed by atoms with Crippen molar-refractivity contribution in [2.75, 3.05) is 4.90 Å². The summed E-state index contributed by atoms with van der Waals surface area (Å²) in [6.45, 7) is 0. The van der Waals surface area contributed by atoms with Crippen LogP contribution in [-0.4, -0.2) is 0 Å². The number of furan rings is 3. The van der Waals surface area contributed by atoms with Gasteiger partial charge in [0.1, 0.15) is 33.5 Å². The third-order valence-electron chi connectivity index (χ3n) is 11.5. The molecule has 4 nitrogen and oxygen atoms in total. The molecule has 0 aliphatic heterocycles. The van der Waals surface area contributed by atoms with Gasteiger partial charge in [-0.1, -0.05) is 127 Å². The molecule has 58 heavy (non-hydrogen) atoms. The summed E-state index contributed by atoms with van der Waals surface area (Å²) >= 11 is 0. The molecule has 272 valence electrons. The molecular weight excluding hydrogens is 711 g/mol. The number of hydrogen-bond acceptors (Lipinski definition) is 4. The van der Waals surface area contributed by atoms with E-state index >= 15 is 0 Å². The largest absolute Gasteiger partial charge is 0.456 e. The zero-order valence-electron chi connectivity index (χ0n) is 31.2. The van der Waals surface area contributed by atoms with E-state index in [0.29, 0.717) is 0 Å². The van der Waals surface area contributed by atoms with Crippen LogP contribution in [0.25, 0.3) is 99.2 Å². The molecule has 12 rings (SSSR count). The van der Waals surface area contributed by atoms with Gasteiger partial charge in [0.2, 0.25) is 0 Å². The molecule has 3 aromatic heterocycles. The average Bonchev–Trinajstić information content (AvgIpc) is 3.98. The molecule has 0 saturated heterocycles. The van der Waals surface area contributed by atoms with Crippen molar-refractivity contribution in [2.24, 2.45) is 0 Å². The SMILES string of the molecule is c1ccc(-c2cccc3c2oc2ccc(-c4ccc(N(c5ccc(-c6ccc7c(c6)oc6ccccc67)cc5)c5cccc6oc7ccccc7c56)cc4)cc23)cc1. The lowest BCUT2D eigenvalue weighted by molar-refractivity contribution is 0.668. The Balaban J connectivity index is 0.954. The molecule has 0 N–H and O–H groups in total. The first kappa shape index (κ1) is 32.4. The molecule has 9 aromatic carbocycles. The van der Waals surface area contributed by atoms with Crippen molar-refractivity contribution < 1.29 is 13.3 Å². The van der Waals surface area contributed by atoms with Crippen LogP contribution in [0.1, 0.15) is 0 Å². The van der Waals surface area contributed by atoms with E-state index in [0.717, 1.165) is 116 Å². The summed E-state index contributed by atoms with van der Waals surface area (Å²) in [6, 6.07) is 70.3. The Morgan fingerprint density at radius 3 is 1.62 bits per heavy atom. The van der Waals surface area contributed by atoms with Crippen molar-refractivity contribution in [3.8, 4) is 33.4 Å². The molecule has 0 bridgehead atoms. The molecule has 0 radical (unpaired) electrons. The van der Waals surface area contributed by atoms with Gasteiger partial charge < -0.3 is 18.2 Å². The summed E-state index contributed by atoms with van der Waals surface area (Å²) in [4.78, 5) is 2.33. The molecular formula is C54H33NO3. The number of benzene rings is 9. The molecule has 0 saturated carbocycles. The van der Waals surface area contributed by atoms with Gasteiger partial charge in [0.15, 0.2) is 0 Å². The number of fused-ring (bicyclic) bond motifs is 9. The average molecular weight is 744 g/mol. The monoisotopic (exact) mass is 743 g/mol. The fourth-order valence-corrected chi connectivity index (χ4v) is 8.70. The number of para-hydroxylation sites is 3. The second-order valence-electron chi connectivity index (χ2n) is 14.8. The number of nitrogens with zero attached hydrogens (tertiary/aromatic N) is 1. The Morgan fingerprint density at radius 2 is 0.845 bits per heavy atom. The zero-order chi connectivity index (χ0) is 38.2. The Hall–Kier alpha value is -7.82. The van der Waals surface area contributed by atoms with Crippen LogP contribution in [0.4, 0.5) is 17.1 Å². The standard InChI is InChI=1S/C54H33NO3/c1-2-10-36(11-3-1)41-14-8-15-44-46-32-37(25-31-50(46)58-54(41)44)34-20-26-39(27-21-34)55(47-16-9-19-51-53(47)45-13-5-7-18-49(45)56-51)40-28-22-35(23-29-40)38-24-30-43-42-12-4-6-17-48(42)57-52(43)33-38/h1-33H. The van der Waals surface area contributed by atoms with Crippen LogP contribution in [0.2, 0.25) is 0 Å². The molecule has 0 aliphatic rings. The fraction of sp³-hybridized carbons (Fsp3) is 0. The van der Waals surface area contributed by atoms with E-state index in [2.05, 4.69) is 175 Å². The summed E-state index contributed by atoms with van der Waals surface area (Å²) in [5, 5.41) is 6.64. The number of hydrogen-bond donors (Lipinski definition) is 0. The van der Waals surface area contributed by atoms with Crippen molar-refractivity contribution in [1.29, 1.82) is 0 Å². The van der Waals surface area contributed by atoms with Crippen LogP contribution in [-0.2, 0) is 0 Å². The minimum atomic E-state index is 0.854. The highest BCUT2D eigenvalue weighted by molar-refractivity contribution is 6.14.